The highest BCUT2D eigenvalue weighted by Gasteiger charge is 2.46. The van der Waals surface area contributed by atoms with E-state index in [0.29, 0.717) is 27.8 Å². The first-order valence-corrected chi connectivity index (χ1v) is 10.5. The number of aliphatic hydroxyl groups is 1. The Morgan fingerprint density at radius 3 is 2.40 bits per heavy atom. The molecule has 0 radical (unpaired) electrons. The first kappa shape index (κ1) is 20.1. The largest absolute Gasteiger partial charge is 0.503 e. The second kappa shape index (κ2) is 7.57. The summed E-state index contributed by atoms with van der Waals surface area (Å²) >= 11 is 1.25. The van der Waals surface area contributed by atoms with Crippen molar-refractivity contribution in [1.82, 2.24) is 4.98 Å². The minimum Gasteiger partial charge on any atom is -0.503 e. The van der Waals surface area contributed by atoms with Gasteiger partial charge in [0.25, 0.3) is 5.91 Å². The van der Waals surface area contributed by atoms with Crippen molar-refractivity contribution in [3.05, 3.63) is 80.4 Å². The fraction of sp³-hybridized carbons (Fsp3) is 0.261. The van der Waals surface area contributed by atoms with E-state index in [-0.39, 0.29) is 5.57 Å². The summed E-state index contributed by atoms with van der Waals surface area (Å²) in [5.41, 5.74) is 2.30. The van der Waals surface area contributed by atoms with Gasteiger partial charge in [0.05, 0.1) is 21.2 Å². The number of hydrogen-bond acceptors (Lipinski definition) is 6. The van der Waals surface area contributed by atoms with Crippen LogP contribution in [0, 0.1) is 20.8 Å². The first-order chi connectivity index (χ1) is 14.3. The van der Waals surface area contributed by atoms with Crippen LogP contribution >= 0.6 is 11.3 Å². The Morgan fingerprint density at radius 1 is 1.17 bits per heavy atom. The van der Waals surface area contributed by atoms with E-state index in [9.17, 15) is 14.7 Å². The Hall–Kier alpha value is -3.19. The lowest BCUT2D eigenvalue weighted by Gasteiger charge is -2.25. The molecule has 0 fully saturated rings. The minimum absolute atomic E-state index is 0.0145. The third-order valence-electron chi connectivity index (χ3n) is 5.22. The van der Waals surface area contributed by atoms with Gasteiger partial charge in [0.15, 0.2) is 5.76 Å². The zero-order valence-corrected chi connectivity index (χ0v) is 18.0. The van der Waals surface area contributed by atoms with E-state index < -0.39 is 23.5 Å². The summed E-state index contributed by atoms with van der Waals surface area (Å²) in [6.07, 6.45) is 0.867. The van der Waals surface area contributed by atoms with Gasteiger partial charge in [0, 0.05) is 5.69 Å². The Morgan fingerprint density at radius 2 is 1.87 bits per heavy atom. The number of aromatic nitrogens is 1. The van der Waals surface area contributed by atoms with Crippen molar-refractivity contribution in [3.8, 4) is 0 Å². The molecule has 1 unspecified atom stereocenters. The van der Waals surface area contributed by atoms with Crippen LogP contribution in [0.25, 0.3) is 0 Å². The van der Waals surface area contributed by atoms with Crippen LogP contribution in [0.5, 0.6) is 0 Å². The fourth-order valence-corrected chi connectivity index (χ4v) is 4.60. The van der Waals surface area contributed by atoms with Crippen LogP contribution in [0.15, 0.2) is 52.1 Å². The lowest BCUT2D eigenvalue weighted by atomic mass is 9.99. The number of benzene rings is 1. The standard InChI is InChI=1S/C23H22N2O4S/c1-5-15-7-9-16(10-8-15)25-19(17-11-6-12(2)29-17)18(21(27)23(25)28)20(26)22-13(3)24-14(4)30-22/h6-11,19,27H,5H2,1-4H3. The normalized spacial score (nSPS) is 16.6. The molecule has 1 aromatic carbocycles. The van der Waals surface area contributed by atoms with Crippen LogP contribution in [0.2, 0.25) is 0 Å². The summed E-state index contributed by atoms with van der Waals surface area (Å²) in [6.45, 7) is 7.41. The number of furan rings is 1. The Labute approximate surface area is 178 Å². The monoisotopic (exact) mass is 422 g/mol. The smallest absolute Gasteiger partial charge is 0.294 e. The van der Waals surface area contributed by atoms with Crippen molar-refractivity contribution in [3.63, 3.8) is 0 Å². The second-order valence-corrected chi connectivity index (χ2v) is 8.49. The molecular formula is C23H22N2O4S. The molecule has 0 aliphatic carbocycles. The number of rotatable bonds is 5. The van der Waals surface area contributed by atoms with Crippen LogP contribution < -0.4 is 4.90 Å². The average molecular weight is 423 g/mol. The molecule has 1 aliphatic rings. The van der Waals surface area contributed by atoms with Gasteiger partial charge in [-0.1, -0.05) is 19.1 Å². The number of aliphatic hydroxyl groups excluding tert-OH is 1. The number of Topliss-reactive ketones (excluding diaryl/α,β-unsaturated/α-hetero) is 1. The maximum atomic E-state index is 13.4. The van der Waals surface area contributed by atoms with E-state index in [1.165, 1.54) is 16.2 Å². The van der Waals surface area contributed by atoms with Gasteiger partial charge >= 0.3 is 0 Å². The Kier molecular flexibility index (Phi) is 5.07. The molecule has 1 amide bonds. The number of anilines is 1. The number of aryl methyl sites for hydroxylation is 4. The lowest BCUT2D eigenvalue weighted by Crippen LogP contribution is -2.30. The summed E-state index contributed by atoms with van der Waals surface area (Å²) in [6, 6.07) is 10.2. The molecule has 0 bridgehead atoms. The van der Waals surface area contributed by atoms with Crippen LogP contribution in [0.3, 0.4) is 0 Å². The molecule has 0 saturated carbocycles. The summed E-state index contributed by atoms with van der Waals surface area (Å²) in [4.78, 5) is 32.7. The number of nitrogens with zero attached hydrogens (tertiary/aromatic N) is 2. The van der Waals surface area contributed by atoms with Gasteiger partial charge < -0.3 is 9.52 Å². The van der Waals surface area contributed by atoms with Crippen molar-refractivity contribution in [1.29, 1.82) is 0 Å². The summed E-state index contributed by atoms with van der Waals surface area (Å²) in [7, 11) is 0. The van der Waals surface area contributed by atoms with Crippen LogP contribution in [0.4, 0.5) is 5.69 Å². The van der Waals surface area contributed by atoms with Crippen LogP contribution in [0.1, 0.15) is 50.4 Å². The molecule has 7 heteroatoms. The number of carbonyl (C=O) groups is 2. The molecule has 2 aromatic heterocycles. The molecular weight excluding hydrogens is 400 g/mol. The predicted molar refractivity (Wildman–Crippen MR) is 115 cm³/mol. The van der Waals surface area contributed by atoms with E-state index in [4.69, 9.17) is 4.42 Å². The zero-order valence-electron chi connectivity index (χ0n) is 17.2. The van der Waals surface area contributed by atoms with Crippen LogP contribution in [-0.2, 0) is 11.2 Å². The van der Waals surface area contributed by atoms with Gasteiger partial charge in [-0.25, -0.2) is 4.98 Å². The Bertz CT molecular complexity index is 1170. The maximum absolute atomic E-state index is 13.4. The highest BCUT2D eigenvalue weighted by atomic mass is 32.1. The quantitative estimate of drug-likeness (QED) is 0.585. The van der Waals surface area contributed by atoms with Gasteiger partial charge in [-0.15, -0.1) is 11.3 Å². The van der Waals surface area contributed by atoms with Gasteiger partial charge in [-0.05, 0) is 57.0 Å². The van der Waals surface area contributed by atoms with Crippen LogP contribution in [-0.4, -0.2) is 21.8 Å². The number of carbonyl (C=O) groups excluding carboxylic acids is 2. The molecule has 154 valence electrons. The minimum atomic E-state index is -0.854. The molecule has 30 heavy (non-hydrogen) atoms. The van der Waals surface area contributed by atoms with E-state index in [1.807, 2.05) is 38.1 Å². The van der Waals surface area contributed by atoms with Crippen molar-refractivity contribution in [2.45, 2.75) is 40.2 Å². The topological polar surface area (TPSA) is 83.6 Å². The Balaban J connectivity index is 1.86. The first-order valence-electron chi connectivity index (χ1n) is 9.72. The van der Waals surface area contributed by atoms with Gasteiger partial charge in [-0.2, -0.15) is 0 Å². The highest BCUT2D eigenvalue weighted by molar-refractivity contribution is 7.14. The molecule has 4 rings (SSSR count). The average Bonchev–Trinajstić information content (AvgIpc) is 3.38. The van der Waals surface area contributed by atoms with E-state index in [1.54, 1.807) is 26.0 Å². The molecule has 0 spiro atoms. The summed E-state index contributed by atoms with van der Waals surface area (Å²) in [5.74, 6) is -0.506. The van der Waals surface area contributed by atoms with E-state index >= 15 is 0 Å². The van der Waals surface area contributed by atoms with Crippen molar-refractivity contribution in [2.75, 3.05) is 4.90 Å². The van der Waals surface area contributed by atoms with E-state index in [0.717, 1.165) is 17.0 Å². The lowest BCUT2D eigenvalue weighted by molar-refractivity contribution is -0.117. The van der Waals surface area contributed by atoms with Gasteiger partial charge in [-0.3, -0.25) is 14.5 Å². The highest BCUT2D eigenvalue weighted by Crippen LogP contribution is 2.43. The molecule has 3 aromatic rings. The zero-order chi connectivity index (χ0) is 21.6. The molecule has 1 N–H and O–H groups in total. The molecule has 0 saturated heterocycles. The SMILES string of the molecule is CCc1ccc(N2C(=O)C(O)=C(C(=O)c3sc(C)nc3C)C2c2ccc(C)o2)cc1. The third kappa shape index (κ3) is 3.25. The van der Waals surface area contributed by atoms with Crippen molar-refractivity contribution in [2.24, 2.45) is 0 Å². The molecule has 1 atom stereocenters. The number of amides is 1. The predicted octanol–water partition coefficient (Wildman–Crippen LogP) is 5.01. The number of ketones is 1. The van der Waals surface area contributed by atoms with Gasteiger partial charge in [0.1, 0.15) is 17.6 Å². The van der Waals surface area contributed by atoms with Crippen molar-refractivity contribution < 1.29 is 19.1 Å². The maximum Gasteiger partial charge on any atom is 0.294 e. The number of hydrogen-bond donors (Lipinski definition) is 1. The summed E-state index contributed by atoms with van der Waals surface area (Å²) < 4.78 is 5.81. The second-order valence-electron chi connectivity index (χ2n) is 7.28. The fourth-order valence-electron chi connectivity index (χ4n) is 3.73. The molecule has 1 aliphatic heterocycles. The van der Waals surface area contributed by atoms with E-state index in [2.05, 4.69) is 4.98 Å². The molecule has 3 heterocycles. The van der Waals surface area contributed by atoms with Crippen molar-refractivity contribution >= 4 is 28.7 Å². The molecule has 6 nitrogen and oxygen atoms in total. The van der Waals surface area contributed by atoms with Gasteiger partial charge in [0.2, 0.25) is 5.78 Å². The summed E-state index contributed by atoms with van der Waals surface area (Å²) in [5, 5.41) is 11.5. The number of thiazole rings is 1. The third-order valence-corrected chi connectivity index (χ3v) is 6.29.